The van der Waals surface area contributed by atoms with Gasteiger partial charge in [0, 0.05) is 31.1 Å². The molecule has 8 nitrogen and oxygen atoms in total. The van der Waals surface area contributed by atoms with E-state index in [4.69, 9.17) is 11.6 Å². The molecule has 0 radical (unpaired) electrons. The van der Waals surface area contributed by atoms with Crippen molar-refractivity contribution in [3.63, 3.8) is 0 Å². The second-order valence-corrected chi connectivity index (χ2v) is 10.9. The first kappa shape index (κ1) is 27.7. The van der Waals surface area contributed by atoms with Crippen LogP contribution >= 0.6 is 11.6 Å². The molecular formula is C26H32ClN3O5S. The van der Waals surface area contributed by atoms with Gasteiger partial charge in [0.1, 0.15) is 10.9 Å². The average molecular weight is 534 g/mol. The van der Waals surface area contributed by atoms with E-state index in [1.54, 1.807) is 30.3 Å². The van der Waals surface area contributed by atoms with Gasteiger partial charge in [0.05, 0.1) is 5.56 Å². The maximum atomic E-state index is 13.4. The molecule has 1 unspecified atom stereocenters. The van der Waals surface area contributed by atoms with Gasteiger partial charge in [0.15, 0.2) is 0 Å². The van der Waals surface area contributed by atoms with E-state index in [2.05, 4.69) is 5.32 Å². The number of amides is 3. The van der Waals surface area contributed by atoms with E-state index in [0.29, 0.717) is 23.6 Å². The van der Waals surface area contributed by atoms with Crippen LogP contribution < -0.4 is 5.32 Å². The van der Waals surface area contributed by atoms with Gasteiger partial charge in [0.25, 0.3) is 15.9 Å². The lowest BCUT2D eigenvalue weighted by molar-refractivity contribution is -0.141. The fraction of sp³-hybridized carbons (Fsp3) is 0.423. The number of carbonyl (C=O) groups excluding carboxylic acids is 3. The Kier molecular flexibility index (Phi) is 9.50. The number of hydrogen-bond acceptors (Lipinski definition) is 5. The lowest BCUT2D eigenvalue weighted by atomic mass is 10.1. The lowest BCUT2D eigenvalue weighted by Crippen LogP contribution is -2.49. The van der Waals surface area contributed by atoms with Crippen LogP contribution in [-0.4, -0.2) is 54.5 Å². The predicted octanol–water partition coefficient (Wildman–Crippen LogP) is 3.99. The van der Waals surface area contributed by atoms with Crippen LogP contribution in [0.5, 0.6) is 0 Å². The molecule has 1 heterocycles. The number of halogens is 1. The van der Waals surface area contributed by atoms with Gasteiger partial charge in [-0.15, -0.1) is 0 Å². The highest BCUT2D eigenvalue weighted by atomic mass is 35.5. The fourth-order valence-corrected chi connectivity index (χ4v) is 6.01. The van der Waals surface area contributed by atoms with Crippen molar-refractivity contribution < 1.29 is 22.8 Å². The summed E-state index contributed by atoms with van der Waals surface area (Å²) in [5, 5.41) is 3.39. The highest BCUT2D eigenvalue weighted by Crippen LogP contribution is 2.30. The molecule has 0 bridgehead atoms. The first-order valence-corrected chi connectivity index (χ1v) is 14.0. The second-order valence-electron chi connectivity index (χ2n) is 8.66. The third-order valence-electron chi connectivity index (χ3n) is 6.18. The first-order chi connectivity index (χ1) is 17.2. The summed E-state index contributed by atoms with van der Waals surface area (Å²) >= 11 is 6.34. The van der Waals surface area contributed by atoms with Crippen molar-refractivity contribution >= 4 is 39.3 Å². The molecule has 1 aliphatic rings. The number of rotatable bonds is 12. The standard InChI is InChI=1S/C26H32ClN3O5S/c1-3-5-16-28-25(32)22(4-2)29(18-19-11-6-8-13-21(19)27)24(31)15-10-17-30-26(33)20-12-7-9-14-23(20)36(30,34)35/h6-9,11-14,22H,3-5,10,15-18H2,1-2H3,(H,28,32). The highest BCUT2D eigenvalue weighted by molar-refractivity contribution is 7.90. The number of benzene rings is 2. The van der Waals surface area contributed by atoms with E-state index in [1.807, 2.05) is 19.9 Å². The fourth-order valence-electron chi connectivity index (χ4n) is 4.21. The van der Waals surface area contributed by atoms with Gasteiger partial charge in [-0.2, -0.15) is 0 Å². The molecular weight excluding hydrogens is 502 g/mol. The Hall–Kier alpha value is -2.91. The molecule has 10 heteroatoms. The van der Waals surface area contributed by atoms with Crippen molar-refractivity contribution in [2.45, 2.75) is 63.4 Å². The third-order valence-corrected chi connectivity index (χ3v) is 8.39. The Morgan fingerprint density at radius 1 is 1.06 bits per heavy atom. The normalized spacial score (nSPS) is 14.9. The van der Waals surface area contributed by atoms with E-state index in [9.17, 15) is 22.8 Å². The zero-order valence-electron chi connectivity index (χ0n) is 20.6. The van der Waals surface area contributed by atoms with Crippen LogP contribution in [0.4, 0.5) is 0 Å². The molecule has 1 aliphatic heterocycles. The van der Waals surface area contributed by atoms with Gasteiger partial charge < -0.3 is 10.2 Å². The molecule has 0 saturated heterocycles. The molecule has 0 aromatic heterocycles. The average Bonchev–Trinajstić information content (AvgIpc) is 3.05. The summed E-state index contributed by atoms with van der Waals surface area (Å²) in [5.74, 6) is -1.14. The Balaban J connectivity index is 1.74. The summed E-state index contributed by atoms with van der Waals surface area (Å²) < 4.78 is 26.4. The van der Waals surface area contributed by atoms with E-state index in [-0.39, 0.29) is 48.2 Å². The van der Waals surface area contributed by atoms with Crippen LogP contribution in [-0.2, 0) is 26.2 Å². The largest absolute Gasteiger partial charge is 0.354 e. The Morgan fingerprint density at radius 3 is 2.42 bits per heavy atom. The molecule has 0 saturated carbocycles. The number of nitrogens with one attached hydrogen (secondary N) is 1. The molecule has 2 aromatic carbocycles. The van der Waals surface area contributed by atoms with E-state index < -0.39 is 22.0 Å². The quantitative estimate of drug-likeness (QED) is 0.415. The van der Waals surface area contributed by atoms with Gasteiger partial charge in [-0.25, -0.2) is 12.7 Å². The summed E-state index contributed by atoms with van der Waals surface area (Å²) in [7, 11) is -3.94. The van der Waals surface area contributed by atoms with Crippen LogP contribution in [0, 0.1) is 0 Å². The van der Waals surface area contributed by atoms with Crippen LogP contribution in [0.1, 0.15) is 61.9 Å². The van der Waals surface area contributed by atoms with Crippen LogP contribution in [0.15, 0.2) is 53.4 Å². The van der Waals surface area contributed by atoms with Crippen molar-refractivity contribution in [3.8, 4) is 0 Å². The van der Waals surface area contributed by atoms with Crippen LogP contribution in [0.3, 0.4) is 0 Å². The van der Waals surface area contributed by atoms with Crippen molar-refractivity contribution in [2.75, 3.05) is 13.1 Å². The molecule has 3 amide bonds. The molecule has 1 atom stereocenters. The molecule has 0 aliphatic carbocycles. The Labute approximate surface area is 217 Å². The smallest absolute Gasteiger partial charge is 0.269 e. The van der Waals surface area contributed by atoms with Crippen molar-refractivity contribution in [1.82, 2.24) is 14.5 Å². The molecule has 194 valence electrons. The lowest BCUT2D eigenvalue weighted by Gasteiger charge is -2.31. The number of hydrogen-bond donors (Lipinski definition) is 1. The summed E-state index contributed by atoms with van der Waals surface area (Å²) in [6.07, 6.45) is 2.27. The molecule has 1 N–H and O–H groups in total. The zero-order valence-corrected chi connectivity index (χ0v) is 22.1. The summed E-state index contributed by atoms with van der Waals surface area (Å²) in [6, 6.07) is 12.5. The Morgan fingerprint density at radius 2 is 1.75 bits per heavy atom. The van der Waals surface area contributed by atoms with Gasteiger partial charge in [-0.05, 0) is 43.0 Å². The number of carbonyl (C=O) groups is 3. The molecule has 2 aromatic rings. The molecule has 36 heavy (non-hydrogen) atoms. The highest BCUT2D eigenvalue weighted by Gasteiger charge is 2.40. The summed E-state index contributed by atoms with van der Waals surface area (Å²) in [5.41, 5.74) is 0.846. The third kappa shape index (κ3) is 6.07. The maximum Gasteiger partial charge on any atom is 0.269 e. The van der Waals surface area contributed by atoms with Gasteiger partial charge in [-0.1, -0.05) is 62.2 Å². The van der Waals surface area contributed by atoms with E-state index in [0.717, 1.165) is 17.1 Å². The zero-order chi connectivity index (χ0) is 26.3. The molecule has 0 spiro atoms. The predicted molar refractivity (Wildman–Crippen MR) is 138 cm³/mol. The van der Waals surface area contributed by atoms with Crippen molar-refractivity contribution in [1.29, 1.82) is 0 Å². The second kappa shape index (κ2) is 12.4. The van der Waals surface area contributed by atoms with Crippen LogP contribution in [0.2, 0.25) is 5.02 Å². The number of fused-ring (bicyclic) bond motifs is 1. The first-order valence-electron chi connectivity index (χ1n) is 12.2. The maximum absolute atomic E-state index is 13.4. The monoisotopic (exact) mass is 533 g/mol. The van der Waals surface area contributed by atoms with Gasteiger partial charge in [0.2, 0.25) is 11.8 Å². The minimum atomic E-state index is -3.94. The summed E-state index contributed by atoms with van der Waals surface area (Å²) in [6.45, 7) is 4.41. The SMILES string of the molecule is CCCCNC(=O)C(CC)N(Cc1ccccc1Cl)C(=O)CCCN1C(=O)c2ccccc2S1(=O)=O. The molecule has 0 fully saturated rings. The summed E-state index contributed by atoms with van der Waals surface area (Å²) in [4.78, 5) is 40.4. The topological polar surface area (TPSA) is 104 Å². The minimum absolute atomic E-state index is 0.0172. The van der Waals surface area contributed by atoms with Crippen molar-refractivity contribution in [2.24, 2.45) is 0 Å². The minimum Gasteiger partial charge on any atom is -0.354 e. The number of sulfonamides is 1. The molecule has 3 rings (SSSR count). The number of unbranched alkanes of at least 4 members (excludes halogenated alkanes) is 1. The van der Waals surface area contributed by atoms with Gasteiger partial charge >= 0.3 is 0 Å². The van der Waals surface area contributed by atoms with Crippen molar-refractivity contribution in [3.05, 3.63) is 64.7 Å². The number of nitrogens with zero attached hydrogens (tertiary/aromatic N) is 2. The Bertz CT molecular complexity index is 1220. The van der Waals surface area contributed by atoms with E-state index >= 15 is 0 Å². The van der Waals surface area contributed by atoms with E-state index in [1.165, 1.54) is 17.0 Å². The van der Waals surface area contributed by atoms with Crippen LogP contribution in [0.25, 0.3) is 0 Å². The van der Waals surface area contributed by atoms with Gasteiger partial charge in [-0.3, -0.25) is 14.4 Å².